The molecule has 3 aromatic carbocycles. The first kappa shape index (κ1) is 38.6. The summed E-state index contributed by atoms with van der Waals surface area (Å²) in [6, 6.07) is 19.5. The van der Waals surface area contributed by atoms with Gasteiger partial charge in [-0.15, -0.1) is 0 Å². The number of aliphatic hydroxyl groups is 1. The van der Waals surface area contributed by atoms with E-state index in [0.29, 0.717) is 35.8 Å². The van der Waals surface area contributed by atoms with E-state index in [0.717, 1.165) is 43.0 Å². The second kappa shape index (κ2) is 15.5. The number of hydrogen-bond acceptors (Lipinski definition) is 9. The number of ether oxygens (including phenoxy) is 2. The number of nitrogens with zero attached hydrogens (tertiary/aromatic N) is 3. The smallest absolute Gasteiger partial charge is 0.269 e. The van der Waals surface area contributed by atoms with Crippen LogP contribution in [0.4, 0.5) is 17.1 Å². The van der Waals surface area contributed by atoms with E-state index < -0.39 is 30.6 Å². The molecule has 4 heterocycles. The van der Waals surface area contributed by atoms with Crippen molar-refractivity contribution in [3.8, 4) is 5.75 Å². The van der Waals surface area contributed by atoms with E-state index in [1.165, 1.54) is 12.1 Å². The van der Waals surface area contributed by atoms with Gasteiger partial charge >= 0.3 is 0 Å². The van der Waals surface area contributed by atoms with Gasteiger partial charge in [-0.05, 0) is 73.7 Å². The second-order valence-electron chi connectivity index (χ2n) is 16.0. The van der Waals surface area contributed by atoms with Gasteiger partial charge in [-0.2, -0.15) is 0 Å². The first-order valence-electron chi connectivity index (χ1n) is 19.3. The fourth-order valence-electron chi connectivity index (χ4n) is 9.67. The van der Waals surface area contributed by atoms with Crippen molar-refractivity contribution < 1.29 is 33.9 Å². The van der Waals surface area contributed by atoms with E-state index in [9.17, 15) is 24.8 Å². The molecule has 0 bridgehead atoms. The molecule has 4 aliphatic rings. The molecule has 4 aliphatic heterocycles. The lowest BCUT2D eigenvalue weighted by Gasteiger charge is -2.37. The Morgan fingerprint density at radius 3 is 2.58 bits per heavy atom. The Bertz CT molecular complexity index is 1950. The summed E-state index contributed by atoms with van der Waals surface area (Å²) in [4.78, 5) is 57.5. The zero-order valence-electron chi connectivity index (χ0n) is 32.0. The van der Waals surface area contributed by atoms with Gasteiger partial charge in [-0.25, -0.2) is 0 Å². The number of hydrogen-bond donors (Lipinski definition) is 3. The summed E-state index contributed by atoms with van der Waals surface area (Å²) < 4.78 is 12.5. The van der Waals surface area contributed by atoms with E-state index in [2.05, 4.69) is 23.7 Å². The minimum Gasteiger partial charge on any atom is -0.497 e. The van der Waals surface area contributed by atoms with E-state index in [4.69, 9.17) is 9.47 Å². The van der Waals surface area contributed by atoms with Gasteiger partial charge in [0.1, 0.15) is 5.75 Å². The second-order valence-corrected chi connectivity index (χ2v) is 20.7. The lowest BCUT2D eigenvalue weighted by molar-refractivity contribution is -0.385. The number of likely N-dealkylation sites (tertiary alicyclic amines) is 1. The summed E-state index contributed by atoms with van der Waals surface area (Å²) in [5.41, 5.74) is 0.301. The minimum atomic E-state index is -2.60. The molecule has 13 nitrogen and oxygen atoms in total. The molecule has 1 unspecified atom stereocenters. The molecule has 0 aliphatic carbocycles. The highest BCUT2D eigenvalue weighted by molar-refractivity contribution is 6.91. The third-order valence-corrected chi connectivity index (χ3v) is 16.9. The van der Waals surface area contributed by atoms with Crippen LogP contribution in [0.15, 0.2) is 66.7 Å². The van der Waals surface area contributed by atoms with Crippen LogP contribution >= 0.6 is 0 Å². The maximum absolute atomic E-state index is 15.3. The molecule has 3 amide bonds. The Morgan fingerprint density at radius 2 is 1.89 bits per heavy atom. The monoisotopic (exact) mass is 769 g/mol. The van der Waals surface area contributed by atoms with Crippen molar-refractivity contribution in [2.24, 2.45) is 11.8 Å². The van der Waals surface area contributed by atoms with Gasteiger partial charge in [0.15, 0.2) is 5.60 Å². The Morgan fingerprint density at radius 1 is 1.11 bits per heavy atom. The third kappa shape index (κ3) is 7.05. The SMILES string of the molecule is COc1ccc([Si](C)(C)[C@@H]2[C@@H](CC(=O)N3CCC[C@H]3CO)O[C@]3(C(=O)N(Cc4cccc(NC(=O)C5CCCNC5)c4)c4ccc([N+](=O)[O-])cc43)[C@H]2C)cc1. The number of rotatable bonds is 11. The highest BCUT2D eigenvalue weighted by Crippen LogP contribution is 2.60. The summed E-state index contributed by atoms with van der Waals surface area (Å²) in [5.74, 6) is -0.421. The summed E-state index contributed by atoms with van der Waals surface area (Å²) in [5, 5.41) is 29.7. The number of anilines is 2. The summed E-state index contributed by atoms with van der Waals surface area (Å²) >= 11 is 0. The van der Waals surface area contributed by atoms with Crippen molar-refractivity contribution >= 4 is 48.0 Å². The van der Waals surface area contributed by atoms with Crippen LogP contribution in [-0.4, -0.2) is 86.2 Å². The molecule has 292 valence electrons. The molecule has 0 aromatic heterocycles. The number of fused-ring (bicyclic) bond motifs is 2. The molecule has 6 atom stereocenters. The zero-order valence-corrected chi connectivity index (χ0v) is 33.0. The average Bonchev–Trinajstić information content (AvgIpc) is 3.85. The van der Waals surface area contributed by atoms with Crippen molar-refractivity contribution in [2.75, 3.05) is 43.6 Å². The molecular formula is C41H51N5O8Si. The number of amides is 3. The first-order chi connectivity index (χ1) is 26.4. The number of methoxy groups -OCH3 is 1. The number of nitro benzene ring substituents is 1. The number of non-ortho nitro benzene ring substituents is 1. The third-order valence-electron chi connectivity index (χ3n) is 12.5. The van der Waals surface area contributed by atoms with Gasteiger partial charge in [0, 0.05) is 42.4 Å². The lowest BCUT2D eigenvalue weighted by Crippen LogP contribution is -2.52. The maximum Gasteiger partial charge on any atom is 0.269 e. The van der Waals surface area contributed by atoms with Gasteiger partial charge in [-0.3, -0.25) is 24.5 Å². The Labute approximate surface area is 322 Å². The predicted molar refractivity (Wildman–Crippen MR) is 211 cm³/mol. The van der Waals surface area contributed by atoms with E-state index >= 15 is 4.79 Å². The Kier molecular flexibility index (Phi) is 10.9. The topological polar surface area (TPSA) is 164 Å². The largest absolute Gasteiger partial charge is 0.497 e. The standard InChI is InChI=1S/C41H51N5O8Si/c1-26-38(55(3,4)33-15-13-32(53-2)14-16-33)36(22-37(48)44-19-7-11-31(44)25-47)54-41(26)34-21-30(46(51)52)12-17-35(34)45(40(41)50)24-27-8-5-10-29(20-27)43-39(49)28-9-6-18-42-23-28/h5,8,10,12-17,20-21,26,28,31,36,38,42,47H,6-7,9,11,18-19,22-25H2,1-4H3,(H,43,49)/t26-,28?,31-,36+,38-,41+/m0/s1. The van der Waals surface area contributed by atoms with Crippen molar-refractivity contribution in [3.63, 3.8) is 0 Å². The summed E-state index contributed by atoms with van der Waals surface area (Å²) in [6.07, 6.45) is 2.59. The quantitative estimate of drug-likeness (QED) is 0.143. The summed E-state index contributed by atoms with van der Waals surface area (Å²) in [7, 11) is -0.989. The highest BCUT2D eigenvalue weighted by Gasteiger charge is 2.67. The average molecular weight is 770 g/mol. The summed E-state index contributed by atoms with van der Waals surface area (Å²) in [6.45, 7) is 8.51. The van der Waals surface area contributed by atoms with Crippen LogP contribution < -0.4 is 25.5 Å². The number of carbonyl (C=O) groups excluding carboxylic acids is 3. The van der Waals surface area contributed by atoms with Gasteiger partial charge in [0.2, 0.25) is 11.8 Å². The number of nitro groups is 1. The molecule has 14 heteroatoms. The number of nitrogens with one attached hydrogen (secondary N) is 2. The van der Waals surface area contributed by atoms with Gasteiger partial charge in [-0.1, -0.05) is 49.5 Å². The van der Waals surface area contributed by atoms with Crippen molar-refractivity contribution in [2.45, 2.75) is 82.0 Å². The maximum atomic E-state index is 15.3. The van der Waals surface area contributed by atoms with Crippen molar-refractivity contribution in [3.05, 3.63) is 88.0 Å². The number of piperidine rings is 1. The van der Waals surface area contributed by atoms with Crippen LogP contribution in [0.1, 0.15) is 50.2 Å². The fraction of sp³-hybridized carbons (Fsp3) is 0.488. The first-order valence-corrected chi connectivity index (χ1v) is 22.4. The molecular weight excluding hydrogens is 719 g/mol. The van der Waals surface area contributed by atoms with Crippen LogP contribution in [0.25, 0.3) is 0 Å². The van der Waals surface area contributed by atoms with Crippen molar-refractivity contribution in [1.82, 2.24) is 10.2 Å². The number of benzene rings is 3. The Balaban J connectivity index is 1.27. The molecule has 3 saturated heterocycles. The van der Waals surface area contributed by atoms with Gasteiger partial charge in [0.05, 0.1) is 63.4 Å². The number of aliphatic hydroxyl groups excluding tert-OH is 1. The predicted octanol–water partition coefficient (Wildman–Crippen LogP) is 4.68. The molecule has 3 N–H and O–H groups in total. The van der Waals surface area contributed by atoms with Crippen LogP contribution in [-0.2, 0) is 31.3 Å². The molecule has 0 radical (unpaired) electrons. The van der Waals surface area contributed by atoms with E-state index in [1.54, 1.807) is 23.0 Å². The molecule has 0 saturated carbocycles. The molecule has 1 spiro atoms. The van der Waals surface area contributed by atoms with Crippen LogP contribution in [0.2, 0.25) is 18.6 Å². The molecule has 55 heavy (non-hydrogen) atoms. The molecule has 3 aromatic rings. The lowest BCUT2D eigenvalue weighted by atomic mass is 9.82. The molecule has 7 rings (SSSR count). The van der Waals surface area contributed by atoms with Crippen LogP contribution in [0.5, 0.6) is 5.75 Å². The van der Waals surface area contributed by atoms with Gasteiger partial charge < -0.3 is 35.0 Å². The zero-order chi connectivity index (χ0) is 39.1. The van der Waals surface area contributed by atoms with Crippen LogP contribution in [0.3, 0.4) is 0 Å². The number of carbonyl (C=O) groups is 3. The van der Waals surface area contributed by atoms with Gasteiger partial charge in [0.25, 0.3) is 11.6 Å². The Hall–Kier alpha value is -4.63. The highest BCUT2D eigenvalue weighted by atomic mass is 28.3. The van der Waals surface area contributed by atoms with Crippen LogP contribution in [0, 0.1) is 22.0 Å². The van der Waals surface area contributed by atoms with E-state index in [1.807, 2.05) is 55.5 Å². The fourth-order valence-corrected chi connectivity index (χ4v) is 13.7. The minimum absolute atomic E-state index is 0.00956. The molecule has 3 fully saturated rings. The van der Waals surface area contributed by atoms with Crippen molar-refractivity contribution in [1.29, 1.82) is 0 Å². The normalized spacial score (nSPS) is 26.3. The van der Waals surface area contributed by atoms with E-state index in [-0.39, 0.29) is 60.5 Å².